The Kier molecular flexibility index (Phi) is 2.94. The summed E-state index contributed by atoms with van der Waals surface area (Å²) in [5, 5.41) is 0. The van der Waals surface area contributed by atoms with E-state index in [0.29, 0.717) is 5.92 Å². The predicted molar refractivity (Wildman–Crippen MR) is 71.6 cm³/mol. The lowest BCUT2D eigenvalue weighted by Crippen LogP contribution is -2.19. The van der Waals surface area contributed by atoms with Gasteiger partial charge in [-0.25, -0.2) is 0 Å². The third-order valence-electron chi connectivity index (χ3n) is 4.47. The van der Waals surface area contributed by atoms with E-state index in [1.807, 2.05) is 0 Å². The van der Waals surface area contributed by atoms with Gasteiger partial charge in [-0.15, -0.1) is 0 Å². The topological polar surface area (TPSA) is 21.7 Å². The molecule has 1 aromatic carbocycles. The minimum absolute atomic E-state index is 0.679. The molecule has 0 N–H and O–H groups in total. The van der Waals surface area contributed by atoms with Crippen LogP contribution in [0.25, 0.3) is 0 Å². The van der Waals surface area contributed by atoms with E-state index in [9.17, 15) is 0 Å². The second-order valence-electron chi connectivity index (χ2n) is 5.50. The Labute approximate surface area is 109 Å². The van der Waals surface area contributed by atoms with Gasteiger partial charge in [0.15, 0.2) is 11.5 Å². The molecule has 3 heteroatoms. The summed E-state index contributed by atoms with van der Waals surface area (Å²) in [4.78, 5) is 2.45. The molecule has 1 aliphatic heterocycles. The van der Waals surface area contributed by atoms with Crippen molar-refractivity contribution in [2.45, 2.75) is 18.8 Å². The Bertz CT molecular complexity index is 458. The molecule has 0 amide bonds. The summed E-state index contributed by atoms with van der Waals surface area (Å²) in [5.74, 6) is 3.31. The van der Waals surface area contributed by atoms with Gasteiger partial charge in [-0.3, -0.25) is 0 Å². The first-order chi connectivity index (χ1) is 8.74. The van der Waals surface area contributed by atoms with Crippen molar-refractivity contribution in [1.82, 2.24) is 4.90 Å². The lowest BCUT2D eigenvalue weighted by atomic mass is 9.76. The molecule has 0 unspecified atom stereocenters. The van der Waals surface area contributed by atoms with Crippen molar-refractivity contribution in [2.75, 3.05) is 34.4 Å². The summed E-state index contributed by atoms with van der Waals surface area (Å²) in [6.45, 7) is 2.41. The Morgan fingerprint density at radius 1 is 1.17 bits per heavy atom. The average Bonchev–Trinajstić information content (AvgIpc) is 2.77. The standard InChI is InChI=1S/C15H21NO2/c1-16-8-10-4-5-12-11(13(10)9-16)6-7-14(17-2)15(12)18-3/h6-7,10,13H,4-5,8-9H2,1-3H3/t10-,13-/m1/s1. The number of hydrogen-bond acceptors (Lipinski definition) is 3. The molecule has 18 heavy (non-hydrogen) atoms. The van der Waals surface area contributed by atoms with Crippen LogP contribution in [-0.4, -0.2) is 39.3 Å². The van der Waals surface area contributed by atoms with E-state index in [1.54, 1.807) is 14.2 Å². The minimum Gasteiger partial charge on any atom is -0.493 e. The van der Waals surface area contributed by atoms with Crippen LogP contribution in [0, 0.1) is 5.92 Å². The van der Waals surface area contributed by atoms with Crippen molar-refractivity contribution in [2.24, 2.45) is 5.92 Å². The molecule has 1 aromatic rings. The van der Waals surface area contributed by atoms with E-state index in [2.05, 4.69) is 24.1 Å². The summed E-state index contributed by atoms with van der Waals surface area (Å²) < 4.78 is 11.0. The smallest absolute Gasteiger partial charge is 0.164 e. The van der Waals surface area contributed by atoms with E-state index in [0.717, 1.165) is 23.8 Å². The summed E-state index contributed by atoms with van der Waals surface area (Å²) in [6, 6.07) is 4.30. The first-order valence-electron chi connectivity index (χ1n) is 6.67. The van der Waals surface area contributed by atoms with Crippen LogP contribution >= 0.6 is 0 Å². The fourth-order valence-electron chi connectivity index (χ4n) is 3.67. The number of hydrogen-bond donors (Lipinski definition) is 0. The predicted octanol–water partition coefficient (Wildman–Crippen LogP) is 2.30. The maximum atomic E-state index is 5.57. The van der Waals surface area contributed by atoms with Crippen molar-refractivity contribution in [3.8, 4) is 11.5 Å². The molecule has 1 heterocycles. The second kappa shape index (κ2) is 4.47. The van der Waals surface area contributed by atoms with E-state index in [-0.39, 0.29) is 0 Å². The van der Waals surface area contributed by atoms with Gasteiger partial charge in [0.05, 0.1) is 14.2 Å². The van der Waals surface area contributed by atoms with Crippen LogP contribution in [0.3, 0.4) is 0 Å². The normalized spacial score (nSPS) is 26.6. The molecule has 0 aromatic heterocycles. The summed E-state index contributed by atoms with van der Waals surface area (Å²) in [5.41, 5.74) is 2.85. The first-order valence-corrected chi connectivity index (χ1v) is 6.67. The van der Waals surface area contributed by atoms with Crippen LogP contribution in [0.1, 0.15) is 23.5 Å². The Balaban J connectivity index is 2.06. The monoisotopic (exact) mass is 247 g/mol. The zero-order valence-electron chi connectivity index (χ0n) is 11.4. The van der Waals surface area contributed by atoms with E-state index in [1.165, 1.54) is 30.6 Å². The quantitative estimate of drug-likeness (QED) is 0.800. The molecule has 2 aliphatic rings. The fourth-order valence-corrected chi connectivity index (χ4v) is 3.67. The highest BCUT2D eigenvalue weighted by Gasteiger charge is 2.37. The van der Waals surface area contributed by atoms with Crippen LogP contribution in [0.15, 0.2) is 12.1 Å². The van der Waals surface area contributed by atoms with Crippen molar-refractivity contribution < 1.29 is 9.47 Å². The highest BCUT2D eigenvalue weighted by atomic mass is 16.5. The number of benzene rings is 1. The van der Waals surface area contributed by atoms with Gasteiger partial charge in [-0.2, -0.15) is 0 Å². The third-order valence-corrected chi connectivity index (χ3v) is 4.47. The lowest BCUT2D eigenvalue weighted by molar-refractivity contribution is 0.343. The molecule has 0 saturated carbocycles. The van der Waals surface area contributed by atoms with Crippen molar-refractivity contribution in [1.29, 1.82) is 0 Å². The number of likely N-dealkylation sites (N-methyl/N-ethyl adjacent to an activating group) is 1. The first kappa shape index (κ1) is 11.8. The van der Waals surface area contributed by atoms with Crippen LogP contribution in [0.2, 0.25) is 0 Å². The van der Waals surface area contributed by atoms with Gasteiger partial charge in [-0.05, 0) is 37.4 Å². The van der Waals surface area contributed by atoms with Gasteiger partial charge < -0.3 is 14.4 Å². The number of fused-ring (bicyclic) bond motifs is 3. The van der Waals surface area contributed by atoms with Gasteiger partial charge in [0.1, 0.15) is 0 Å². The van der Waals surface area contributed by atoms with Crippen molar-refractivity contribution in [3.05, 3.63) is 23.3 Å². The molecule has 98 valence electrons. The van der Waals surface area contributed by atoms with Gasteiger partial charge in [0, 0.05) is 24.6 Å². The average molecular weight is 247 g/mol. The summed E-state index contributed by atoms with van der Waals surface area (Å²) >= 11 is 0. The van der Waals surface area contributed by atoms with Gasteiger partial charge in [0.25, 0.3) is 0 Å². The largest absolute Gasteiger partial charge is 0.493 e. The summed E-state index contributed by atoms with van der Waals surface area (Å²) in [7, 11) is 5.67. The molecule has 1 fully saturated rings. The minimum atomic E-state index is 0.679. The Hall–Kier alpha value is -1.22. The van der Waals surface area contributed by atoms with Gasteiger partial charge in [-0.1, -0.05) is 6.07 Å². The van der Waals surface area contributed by atoms with Crippen molar-refractivity contribution in [3.63, 3.8) is 0 Å². The van der Waals surface area contributed by atoms with Crippen LogP contribution in [-0.2, 0) is 6.42 Å². The van der Waals surface area contributed by atoms with Crippen LogP contribution in [0.5, 0.6) is 11.5 Å². The van der Waals surface area contributed by atoms with Crippen LogP contribution < -0.4 is 9.47 Å². The molecule has 3 rings (SSSR count). The van der Waals surface area contributed by atoms with Gasteiger partial charge in [0.2, 0.25) is 0 Å². The maximum absolute atomic E-state index is 5.57. The zero-order valence-corrected chi connectivity index (χ0v) is 11.4. The highest BCUT2D eigenvalue weighted by Crippen LogP contribution is 2.46. The van der Waals surface area contributed by atoms with Crippen LogP contribution in [0.4, 0.5) is 0 Å². The molecule has 3 nitrogen and oxygen atoms in total. The number of ether oxygens (including phenoxy) is 2. The maximum Gasteiger partial charge on any atom is 0.164 e. The third kappa shape index (κ3) is 1.69. The molecule has 2 atom stereocenters. The number of methoxy groups -OCH3 is 2. The SMILES string of the molecule is COc1ccc2c(c1OC)CC[C@@H]1CN(C)C[C@@H]21. The lowest BCUT2D eigenvalue weighted by Gasteiger charge is -2.29. The Morgan fingerprint density at radius 2 is 2.00 bits per heavy atom. The molecule has 1 saturated heterocycles. The Morgan fingerprint density at radius 3 is 2.72 bits per heavy atom. The highest BCUT2D eigenvalue weighted by molar-refractivity contribution is 5.53. The second-order valence-corrected chi connectivity index (χ2v) is 5.50. The van der Waals surface area contributed by atoms with Gasteiger partial charge >= 0.3 is 0 Å². The van der Waals surface area contributed by atoms with E-state index >= 15 is 0 Å². The number of rotatable bonds is 2. The van der Waals surface area contributed by atoms with Crippen molar-refractivity contribution >= 4 is 0 Å². The zero-order chi connectivity index (χ0) is 12.7. The molecule has 0 spiro atoms. The molecular formula is C15H21NO2. The number of nitrogens with zero attached hydrogens (tertiary/aromatic N) is 1. The molecule has 0 radical (unpaired) electrons. The summed E-state index contributed by atoms with van der Waals surface area (Å²) in [6.07, 6.45) is 2.39. The molecule has 0 bridgehead atoms. The number of likely N-dealkylation sites (tertiary alicyclic amines) is 1. The molecular weight excluding hydrogens is 226 g/mol. The van der Waals surface area contributed by atoms with E-state index < -0.39 is 0 Å². The van der Waals surface area contributed by atoms with E-state index in [4.69, 9.17) is 9.47 Å². The fraction of sp³-hybridized carbons (Fsp3) is 0.600. The molecule has 1 aliphatic carbocycles.